The third-order valence-electron chi connectivity index (χ3n) is 4.84. The molecule has 2 fully saturated rings. The molecule has 1 aromatic carbocycles. The lowest BCUT2D eigenvalue weighted by Gasteiger charge is -2.34. The van der Waals surface area contributed by atoms with Gasteiger partial charge in [0.05, 0.1) is 25.3 Å². The number of hydrogen-bond donors (Lipinski definition) is 2. The lowest BCUT2D eigenvalue weighted by molar-refractivity contribution is -0.190. The van der Waals surface area contributed by atoms with Crippen LogP contribution in [-0.2, 0) is 9.47 Å². The summed E-state index contributed by atoms with van der Waals surface area (Å²) in [5, 5.41) is 3.54. The molecule has 8 heteroatoms. The van der Waals surface area contributed by atoms with E-state index in [2.05, 4.69) is 17.2 Å². The standard InChI is InChI=1S/C18H26ClN3O3.HI/c1-12-5-7-18(8-6-12)24-11-14(25-18)10-21-17(20)22-13-3-4-16(23-2)15(19)9-13;/h3-4,9,12,14H,5-8,10-11H2,1-2H3,(H3,20,21,22);1H. The van der Waals surface area contributed by atoms with Gasteiger partial charge in [-0.05, 0) is 37.0 Å². The lowest BCUT2D eigenvalue weighted by atomic mass is 9.86. The fourth-order valence-electron chi connectivity index (χ4n) is 3.30. The monoisotopic (exact) mass is 495 g/mol. The van der Waals surface area contributed by atoms with Crippen molar-refractivity contribution in [3.05, 3.63) is 23.2 Å². The Hall–Kier alpha value is -0.770. The number of rotatable bonds is 4. The molecule has 146 valence electrons. The highest BCUT2D eigenvalue weighted by atomic mass is 127. The van der Waals surface area contributed by atoms with Crippen LogP contribution < -0.4 is 15.8 Å². The summed E-state index contributed by atoms with van der Waals surface area (Å²) < 4.78 is 17.2. The first-order valence-electron chi connectivity index (χ1n) is 8.72. The first-order valence-corrected chi connectivity index (χ1v) is 9.10. The molecule has 3 rings (SSSR count). The van der Waals surface area contributed by atoms with Gasteiger partial charge in [0, 0.05) is 18.5 Å². The van der Waals surface area contributed by atoms with Crippen molar-refractivity contribution in [2.75, 3.05) is 25.6 Å². The molecule has 6 nitrogen and oxygen atoms in total. The van der Waals surface area contributed by atoms with Crippen molar-refractivity contribution in [1.82, 2.24) is 0 Å². The van der Waals surface area contributed by atoms with Crippen molar-refractivity contribution in [2.45, 2.75) is 44.5 Å². The summed E-state index contributed by atoms with van der Waals surface area (Å²) in [5.74, 6) is 1.30. The summed E-state index contributed by atoms with van der Waals surface area (Å²) in [5.41, 5.74) is 6.72. The molecule has 3 N–H and O–H groups in total. The van der Waals surface area contributed by atoms with Gasteiger partial charge in [0.2, 0.25) is 0 Å². The predicted octanol–water partition coefficient (Wildman–Crippen LogP) is 4.02. The number of guanidine groups is 1. The molecule has 1 aliphatic heterocycles. The number of nitrogens with two attached hydrogens (primary N) is 1. The predicted molar refractivity (Wildman–Crippen MR) is 115 cm³/mol. The topological polar surface area (TPSA) is 78.1 Å². The van der Waals surface area contributed by atoms with Crippen LogP contribution in [0.4, 0.5) is 5.69 Å². The maximum absolute atomic E-state index is 6.14. The number of halogens is 2. The van der Waals surface area contributed by atoms with Crippen molar-refractivity contribution in [3.8, 4) is 5.75 Å². The number of aliphatic imine (C=N–C) groups is 1. The number of nitrogens with zero attached hydrogens (tertiary/aromatic N) is 1. The SMILES string of the molecule is COc1ccc(NC(N)=NCC2COC3(CCC(C)CC3)O2)cc1Cl.I. The minimum absolute atomic E-state index is 0. The second-order valence-electron chi connectivity index (χ2n) is 6.84. The van der Waals surface area contributed by atoms with Crippen LogP contribution in [0.25, 0.3) is 0 Å². The van der Waals surface area contributed by atoms with E-state index in [0.29, 0.717) is 29.9 Å². The fraction of sp³-hybridized carbons (Fsp3) is 0.611. The van der Waals surface area contributed by atoms with E-state index in [-0.39, 0.29) is 30.1 Å². The van der Waals surface area contributed by atoms with E-state index in [4.69, 9.17) is 31.5 Å². The second-order valence-corrected chi connectivity index (χ2v) is 7.25. The number of anilines is 1. The number of nitrogens with one attached hydrogen (secondary N) is 1. The van der Waals surface area contributed by atoms with E-state index in [1.54, 1.807) is 19.2 Å². The highest BCUT2D eigenvalue weighted by Gasteiger charge is 2.43. The highest BCUT2D eigenvalue weighted by molar-refractivity contribution is 14.0. The van der Waals surface area contributed by atoms with E-state index < -0.39 is 5.79 Å². The molecule has 1 atom stereocenters. The van der Waals surface area contributed by atoms with Crippen molar-refractivity contribution in [3.63, 3.8) is 0 Å². The molecule has 2 aliphatic rings. The molecule has 1 saturated heterocycles. The van der Waals surface area contributed by atoms with Gasteiger partial charge in [0.1, 0.15) is 11.9 Å². The quantitative estimate of drug-likeness (QED) is 0.375. The molecule has 0 radical (unpaired) electrons. The summed E-state index contributed by atoms with van der Waals surface area (Å²) in [4.78, 5) is 4.37. The van der Waals surface area contributed by atoms with E-state index in [1.807, 2.05) is 6.07 Å². The summed E-state index contributed by atoms with van der Waals surface area (Å²) in [7, 11) is 1.58. The van der Waals surface area contributed by atoms with Crippen LogP contribution in [0.3, 0.4) is 0 Å². The van der Waals surface area contributed by atoms with Gasteiger partial charge < -0.3 is 25.3 Å². The average Bonchev–Trinajstić information content (AvgIpc) is 2.99. The summed E-state index contributed by atoms with van der Waals surface area (Å²) in [6, 6.07) is 5.36. The molecule has 26 heavy (non-hydrogen) atoms. The van der Waals surface area contributed by atoms with Gasteiger partial charge >= 0.3 is 0 Å². The van der Waals surface area contributed by atoms with Gasteiger partial charge in [0.25, 0.3) is 0 Å². The number of hydrogen-bond acceptors (Lipinski definition) is 4. The Bertz CT molecular complexity index is 636. The van der Waals surface area contributed by atoms with Crippen molar-refractivity contribution in [2.24, 2.45) is 16.6 Å². The zero-order valence-corrected chi connectivity index (χ0v) is 18.3. The largest absolute Gasteiger partial charge is 0.495 e. The number of ether oxygens (including phenoxy) is 3. The Labute approximate surface area is 176 Å². The van der Waals surface area contributed by atoms with E-state index in [1.165, 1.54) is 0 Å². The van der Waals surface area contributed by atoms with Crippen molar-refractivity contribution < 1.29 is 14.2 Å². The molecule has 1 saturated carbocycles. The van der Waals surface area contributed by atoms with E-state index in [9.17, 15) is 0 Å². The van der Waals surface area contributed by atoms with Gasteiger partial charge in [-0.25, -0.2) is 0 Å². The highest BCUT2D eigenvalue weighted by Crippen LogP contribution is 2.39. The van der Waals surface area contributed by atoms with Crippen LogP contribution >= 0.6 is 35.6 Å². The molecule has 1 aromatic rings. The van der Waals surface area contributed by atoms with Crippen LogP contribution in [0, 0.1) is 5.92 Å². The second kappa shape index (κ2) is 9.43. The molecule has 0 bridgehead atoms. The van der Waals surface area contributed by atoms with Gasteiger partial charge in [0.15, 0.2) is 11.7 Å². The summed E-state index contributed by atoms with van der Waals surface area (Å²) in [6.45, 7) is 3.32. The van der Waals surface area contributed by atoms with Gasteiger partial charge in [-0.2, -0.15) is 0 Å². The molecule has 1 aliphatic carbocycles. The van der Waals surface area contributed by atoms with Crippen LogP contribution in [0.1, 0.15) is 32.6 Å². The molecule has 0 aromatic heterocycles. The Kier molecular flexibility index (Phi) is 7.81. The van der Waals surface area contributed by atoms with Gasteiger partial charge in [-0.15, -0.1) is 24.0 Å². The van der Waals surface area contributed by atoms with E-state index in [0.717, 1.165) is 37.3 Å². The zero-order valence-electron chi connectivity index (χ0n) is 15.2. The van der Waals surface area contributed by atoms with Crippen molar-refractivity contribution in [1.29, 1.82) is 0 Å². The van der Waals surface area contributed by atoms with Crippen LogP contribution in [-0.4, -0.2) is 38.1 Å². The minimum atomic E-state index is -0.390. The number of benzene rings is 1. The Morgan fingerprint density at radius 2 is 2.15 bits per heavy atom. The first kappa shape index (κ1) is 21.5. The lowest BCUT2D eigenvalue weighted by Crippen LogP contribution is -2.35. The zero-order chi connectivity index (χ0) is 17.9. The van der Waals surface area contributed by atoms with Gasteiger partial charge in [-0.3, -0.25) is 4.99 Å². The Balaban J connectivity index is 0.00000243. The normalized spacial score (nSPS) is 28.7. The van der Waals surface area contributed by atoms with Crippen LogP contribution in [0.5, 0.6) is 5.75 Å². The Morgan fingerprint density at radius 3 is 2.81 bits per heavy atom. The maximum Gasteiger partial charge on any atom is 0.193 e. The molecular formula is C18H27ClIN3O3. The van der Waals surface area contributed by atoms with Crippen LogP contribution in [0.2, 0.25) is 5.02 Å². The summed E-state index contributed by atoms with van der Waals surface area (Å²) >= 11 is 6.10. The molecule has 1 spiro atoms. The molecule has 1 unspecified atom stereocenters. The molecule has 0 amide bonds. The number of methoxy groups -OCH3 is 1. The third kappa shape index (κ3) is 5.37. The van der Waals surface area contributed by atoms with Crippen LogP contribution in [0.15, 0.2) is 23.2 Å². The third-order valence-corrected chi connectivity index (χ3v) is 5.13. The summed E-state index contributed by atoms with van der Waals surface area (Å²) in [6.07, 6.45) is 4.18. The maximum atomic E-state index is 6.14. The molecule has 1 heterocycles. The average molecular weight is 496 g/mol. The smallest absolute Gasteiger partial charge is 0.193 e. The minimum Gasteiger partial charge on any atom is -0.495 e. The fourth-order valence-corrected chi connectivity index (χ4v) is 3.56. The van der Waals surface area contributed by atoms with E-state index >= 15 is 0 Å². The Morgan fingerprint density at radius 1 is 1.42 bits per heavy atom. The van der Waals surface area contributed by atoms with Crippen molar-refractivity contribution >= 4 is 47.2 Å². The van der Waals surface area contributed by atoms with Gasteiger partial charge in [-0.1, -0.05) is 18.5 Å². The molecular weight excluding hydrogens is 469 g/mol. The first-order chi connectivity index (χ1) is 12.0.